The molecule has 0 aromatic carbocycles. The van der Waals surface area contributed by atoms with Gasteiger partial charge in [0.15, 0.2) is 0 Å². The van der Waals surface area contributed by atoms with E-state index in [4.69, 9.17) is 4.74 Å². The van der Waals surface area contributed by atoms with Gasteiger partial charge in [-0.05, 0) is 19.3 Å². The van der Waals surface area contributed by atoms with E-state index in [9.17, 15) is 0 Å². The van der Waals surface area contributed by atoms with Gasteiger partial charge >= 0.3 is 0 Å². The molecule has 1 heteroatoms. The Balaban J connectivity index is 3.49. The van der Waals surface area contributed by atoms with Crippen LogP contribution in [0.5, 0.6) is 0 Å². The molecule has 0 amide bonds. The molecule has 0 aliphatic carbocycles. The van der Waals surface area contributed by atoms with Crippen molar-refractivity contribution in [3.05, 3.63) is 0 Å². The first-order chi connectivity index (χ1) is 6.85. The zero-order valence-electron chi connectivity index (χ0n) is 10.3. The molecule has 0 saturated carbocycles. The van der Waals surface area contributed by atoms with E-state index in [1.54, 1.807) is 0 Å². The quantitative estimate of drug-likeness (QED) is 0.470. The molecule has 14 heavy (non-hydrogen) atoms. The Morgan fingerprint density at radius 3 is 2.00 bits per heavy atom. The summed E-state index contributed by atoms with van der Waals surface area (Å²) in [5, 5.41) is 0. The predicted molar refractivity (Wildman–Crippen MR) is 63.7 cm³/mol. The highest BCUT2D eigenvalue weighted by atomic mass is 16.5. The maximum absolute atomic E-state index is 5.84. The minimum Gasteiger partial charge on any atom is -0.378 e. The summed E-state index contributed by atoms with van der Waals surface area (Å²) in [5.74, 6) is 0. The molecule has 1 nitrogen and oxygen atoms in total. The monoisotopic (exact) mass is 200 g/mol. The van der Waals surface area contributed by atoms with Gasteiger partial charge < -0.3 is 4.74 Å². The van der Waals surface area contributed by atoms with Gasteiger partial charge in [0.1, 0.15) is 0 Å². The van der Waals surface area contributed by atoms with Crippen LogP contribution in [0.25, 0.3) is 0 Å². The SMILES string of the molecule is CCCCCC(CCCC)OCCC. The van der Waals surface area contributed by atoms with E-state index in [-0.39, 0.29) is 0 Å². The molecule has 1 unspecified atom stereocenters. The average molecular weight is 200 g/mol. The van der Waals surface area contributed by atoms with Gasteiger partial charge in [0, 0.05) is 6.61 Å². The lowest BCUT2D eigenvalue weighted by molar-refractivity contribution is 0.0389. The molecule has 0 saturated heterocycles. The normalized spacial score (nSPS) is 13.1. The Bertz CT molecular complexity index is 93.4. The molecule has 0 aliphatic heterocycles. The number of unbranched alkanes of at least 4 members (excludes halogenated alkanes) is 3. The molecule has 0 bridgehead atoms. The summed E-state index contributed by atoms with van der Waals surface area (Å²) >= 11 is 0. The number of ether oxygens (including phenoxy) is 1. The Hall–Kier alpha value is -0.0400. The second kappa shape index (κ2) is 11.0. The number of hydrogen-bond donors (Lipinski definition) is 0. The summed E-state index contributed by atoms with van der Waals surface area (Å²) in [6.45, 7) is 7.64. The molecule has 0 N–H and O–H groups in total. The van der Waals surface area contributed by atoms with E-state index in [0.717, 1.165) is 13.0 Å². The van der Waals surface area contributed by atoms with Crippen LogP contribution in [-0.4, -0.2) is 12.7 Å². The lowest BCUT2D eigenvalue weighted by Crippen LogP contribution is -2.13. The lowest BCUT2D eigenvalue weighted by atomic mass is 10.1. The zero-order chi connectivity index (χ0) is 10.6. The van der Waals surface area contributed by atoms with Crippen molar-refractivity contribution in [3.63, 3.8) is 0 Å². The van der Waals surface area contributed by atoms with Gasteiger partial charge in [0.25, 0.3) is 0 Å². The third-order valence-corrected chi connectivity index (χ3v) is 2.57. The molecule has 86 valence electrons. The third kappa shape index (κ3) is 8.55. The molecule has 0 aromatic rings. The summed E-state index contributed by atoms with van der Waals surface area (Å²) < 4.78 is 5.84. The van der Waals surface area contributed by atoms with Crippen LogP contribution in [0.3, 0.4) is 0 Å². The summed E-state index contributed by atoms with van der Waals surface area (Å²) in [7, 11) is 0. The first-order valence-electron chi connectivity index (χ1n) is 6.46. The largest absolute Gasteiger partial charge is 0.378 e. The van der Waals surface area contributed by atoms with Gasteiger partial charge in [-0.2, -0.15) is 0 Å². The van der Waals surface area contributed by atoms with Crippen molar-refractivity contribution in [2.75, 3.05) is 6.61 Å². The zero-order valence-corrected chi connectivity index (χ0v) is 10.3. The number of hydrogen-bond acceptors (Lipinski definition) is 1. The predicted octanol–water partition coefficient (Wildman–Crippen LogP) is 4.55. The van der Waals surface area contributed by atoms with Crippen molar-refractivity contribution in [1.29, 1.82) is 0 Å². The van der Waals surface area contributed by atoms with E-state index in [0.29, 0.717) is 6.10 Å². The first-order valence-corrected chi connectivity index (χ1v) is 6.46. The van der Waals surface area contributed by atoms with E-state index in [1.807, 2.05) is 0 Å². The van der Waals surface area contributed by atoms with Crippen LogP contribution in [0.15, 0.2) is 0 Å². The average Bonchev–Trinajstić information content (AvgIpc) is 2.21. The fourth-order valence-corrected chi connectivity index (χ4v) is 1.65. The van der Waals surface area contributed by atoms with Gasteiger partial charge in [-0.15, -0.1) is 0 Å². The fraction of sp³-hybridized carbons (Fsp3) is 1.00. The molecule has 0 spiro atoms. The van der Waals surface area contributed by atoms with E-state index < -0.39 is 0 Å². The topological polar surface area (TPSA) is 9.23 Å². The maximum Gasteiger partial charge on any atom is 0.0575 e. The van der Waals surface area contributed by atoms with Crippen LogP contribution in [-0.2, 0) is 4.74 Å². The fourth-order valence-electron chi connectivity index (χ4n) is 1.65. The Kier molecular flexibility index (Phi) is 11.0. The summed E-state index contributed by atoms with van der Waals surface area (Å²) in [6, 6.07) is 0. The van der Waals surface area contributed by atoms with Gasteiger partial charge in [0.2, 0.25) is 0 Å². The second-order valence-electron chi connectivity index (χ2n) is 4.13. The van der Waals surface area contributed by atoms with Crippen LogP contribution in [0.4, 0.5) is 0 Å². The highest BCUT2D eigenvalue weighted by Crippen LogP contribution is 2.13. The van der Waals surface area contributed by atoms with Crippen LogP contribution >= 0.6 is 0 Å². The first kappa shape index (κ1) is 14.0. The van der Waals surface area contributed by atoms with Crippen molar-refractivity contribution in [2.45, 2.75) is 78.2 Å². The molecule has 0 aliphatic rings. The van der Waals surface area contributed by atoms with Crippen molar-refractivity contribution in [3.8, 4) is 0 Å². The number of rotatable bonds is 10. The lowest BCUT2D eigenvalue weighted by Gasteiger charge is -2.17. The molecule has 0 radical (unpaired) electrons. The van der Waals surface area contributed by atoms with Crippen molar-refractivity contribution < 1.29 is 4.74 Å². The van der Waals surface area contributed by atoms with Crippen LogP contribution in [0, 0.1) is 0 Å². The van der Waals surface area contributed by atoms with Crippen molar-refractivity contribution in [2.24, 2.45) is 0 Å². The van der Waals surface area contributed by atoms with Crippen LogP contribution < -0.4 is 0 Å². The smallest absolute Gasteiger partial charge is 0.0575 e. The summed E-state index contributed by atoms with van der Waals surface area (Å²) in [6.07, 6.45) is 10.9. The van der Waals surface area contributed by atoms with Crippen LogP contribution in [0.1, 0.15) is 72.1 Å². The van der Waals surface area contributed by atoms with Gasteiger partial charge in [-0.1, -0.05) is 52.9 Å². The standard InChI is InChI=1S/C13H28O/c1-4-7-9-11-13(10-8-5-2)14-12-6-3/h13H,4-12H2,1-3H3. The van der Waals surface area contributed by atoms with Gasteiger partial charge in [0.05, 0.1) is 6.10 Å². The molecular formula is C13H28O. The molecule has 0 fully saturated rings. The van der Waals surface area contributed by atoms with Gasteiger partial charge in [-0.3, -0.25) is 0 Å². The molecule has 0 rings (SSSR count). The molecule has 0 aromatic heterocycles. The Morgan fingerprint density at radius 2 is 1.43 bits per heavy atom. The van der Waals surface area contributed by atoms with Crippen molar-refractivity contribution >= 4 is 0 Å². The van der Waals surface area contributed by atoms with E-state index in [1.165, 1.54) is 44.9 Å². The molecular weight excluding hydrogens is 172 g/mol. The van der Waals surface area contributed by atoms with E-state index >= 15 is 0 Å². The molecule has 1 atom stereocenters. The van der Waals surface area contributed by atoms with Gasteiger partial charge in [-0.25, -0.2) is 0 Å². The highest BCUT2D eigenvalue weighted by molar-refractivity contribution is 4.58. The highest BCUT2D eigenvalue weighted by Gasteiger charge is 2.07. The maximum atomic E-state index is 5.84. The molecule has 0 heterocycles. The Morgan fingerprint density at radius 1 is 0.786 bits per heavy atom. The minimum absolute atomic E-state index is 0.543. The van der Waals surface area contributed by atoms with Crippen molar-refractivity contribution in [1.82, 2.24) is 0 Å². The third-order valence-electron chi connectivity index (χ3n) is 2.57. The minimum atomic E-state index is 0.543. The van der Waals surface area contributed by atoms with Crippen LogP contribution in [0.2, 0.25) is 0 Å². The second-order valence-corrected chi connectivity index (χ2v) is 4.13. The summed E-state index contributed by atoms with van der Waals surface area (Å²) in [4.78, 5) is 0. The Labute approximate surface area is 90.2 Å². The van der Waals surface area contributed by atoms with E-state index in [2.05, 4.69) is 20.8 Å². The summed E-state index contributed by atoms with van der Waals surface area (Å²) in [5.41, 5.74) is 0.